The van der Waals surface area contributed by atoms with Crippen LogP contribution < -0.4 is 11.4 Å². The molecule has 2 N–H and O–H groups in total. The van der Waals surface area contributed by atoms with Gasteiger partial charge in [-0.1, -0.05) is 29.8 Å². The predicted octanol–water partition coefficient (Wildman–Crippen LogP) is 2.82. The Morgan fingerprint density at radius 2 is 1.96 bits per heavy atom. The van der Waals surface area contributed by atoms with Gasteiger partial charge in [-0.15, -0.1) is 0 Å². The van der Waals surface area contributed by atoms with E-state index in [1.165, 1.54) is 7.11 Å². The Morgan fingerprint density at radius 3 is 2.59 bits per heavy atom. The number of benzene rings is 2. The van der Waals surface area contributed by atoms with Crippen LogP contribution in [0.4, 0.5) is 0 Å². The number of fused-ring (bicyclic) bond motifs is 1. The maximum Gasteiger partial charge on any atom is 0.334 e. The summed E-state index contributed by atoms with van der Waals surface area (Å²) < 4.78 is 8.15. The van der Waals surface area contributed by atoms with Gasteiger partial charge in [-0.05, 0) is 49.1 Å². The van der Waals surface area contributed by atoms with E-state index >= 15 is 0 Å². The molecule has 0 amide bonds. The molecule has 1 aromatic heterocycles. The molecule has 1 unspecified atom stereocenters. The molecule has 0 saturated heterocycles. The molecule has 2 aromatic carbocycles. The third-order valence-electron chi connectivity index (χ3n) is 4.91. The fourth-order valence-electron chi connectivity index (χ4n) is 3.42. The van der Waals surface area contributed by atoms with Crippen molar-refractivity contribution in [1.82, 2.24) is 9.13 Å². The minimum absolute atomic E-state index is 0.0837. The van der Waals surface area contributed by atoms with Crippen molar-refractivity contribution in [3.8, 4) is 5.69 Å². The Morgan fingerprint density at radius 1 is 1.26 bits per heavy atom. The number of nitrogens with zero attached hydrogens (tertiary/aromatic N) is 2. The van der Waals surface area contributed by atoms with Gasteiger partial charge in [-0.25, -0.2) is 4.79 Å². The number of para-hydroxylation sites is 1. The minimum Gasteiger partial charge on any atom is -0.468 e. The first-order valence-corrected chi connectivity index (χ1v) is 9.23. The normalized spacial score (nSPS) is 15.1. The Kier molecular flexibility index (Phi) is 4.53. The summed E-state index contributed by atoms with van der Waals surface area (Å²) in [5.41, 5.74) is 8.93. The Hall–Kier alpha value is -2.57. The van der Waals surface area contributed by atoms with Gasteiger partial charge in [-0.3, -0.25) is 13.9 Å². The van der Waals surface area contributed by atoms with Crippen LogP contribution in [0.3, 0.4) is 0 Å². The van der Waals surface area contributed by atoms with Crippen molar-refractivity contribution in [3.05, 3.63) is 63.5 Å². The molecule has 1 fully saturated rings. The third kappa shape index (κ3) is 3.15. The van der Waals surface area contributed by atoms with E-state index in [0.717, 1.165) is 35.1 Å². The number of ether oxygens (including phenoxy) is 1. The highest BCUT2D eigenvalue weighted by atomic mass is 35.5. The monoisotopic (exact) mass is 385 g/mol. The number of carbonyl (C=O) groups excluding carboxylic acids is 1. The summed E-state index contributed by atoms with van der Waals surface area (Å²) in [4.78, 5) is 24.6. The number of nitrogens with two attached hydrogens (primary N) is 1. The number of hydrogen-bond donors (Lipinski definition) is 1. The molecule has 1 saturated carbocycles. The number of aromatic nitrogens is 2. The minimum atomic E-state index is -0.713. The van der Waals surface area contributed by atoms with Gasteiger partial charge in [0.25, 0.3) is 0 Å². The number of rotatable bonds is 5. The van der Waals surface area contributed by atoms with Crippen molar-refractivity contribution in [2.24, 2.45) is 5.73 Å². The molecule has 4 rings (SSSR count). The molecule has 0 aliphatic heterocycles. The van der Waals surface area contributed by atoms with Gasteiger partial charge in [0.15, 0.2) is 0 Å². The van der Waals surface area contributed by atoms with E-state index in [0.29, 0.717) is 11.4 Å². The summed E-state index contributed by atoms with van der Waals surface area (Å²) in [6.45, 7) is 0. The quantitative estimate of drug-likeness (QED) is 0.685. The van der Waals surface area contributed by atoms with Crippen LogP contribution in [0.15, 0.2) is 47.3 Å². The van der Waals surface area contributed by atoms with Crippen LogP contribution in [-0.2, 0) is 16.0 Å². The second kappa shape index (κ2) is 6.87. The van der Waals surface area contributed by atoms with E-state index in [4.69, 9.17) is 17.3 Å². The highest BCUT2D eigenvalue weighted by molar-refractivity contribution is 6.35. The number of esters is 1. The fraction of sp³-hybridized carbons (Fsp3) is 0.300. The van der Waals surface area contributed by atoms with Crippen LogP contribution in [0, 0.1) is 0 Å². The molecular weight excluding hydrogens is 366 g/mol. The lowest BCUT2D eigenvalue weighted by Crippen LogP contribution is -2.33. The molecule has 1 aliphatic carbocycles. The van der Waals surface area contributed by atoms with Crippen LogP contribution in [0.1, 0.15) is 24.4 Å². The second-order valence-electron chi connectivity index (χ2n) is 6.83. The summed E-state index contributed by atoms with van der Waals surface area (Å²) in [6, 6.07) is 12.5. The van der Waals surface area contributed by atoms with Crippen molar-refractivity contribution >= 4 is 28.6 Å². The molecule has 6 nitrogen and oxygen atoms in total. The van der Waals surface area contributed by atoms with Gasteiger partial charge in [0.2, 0.25) is 0 Å². The first-order valence-electron chi connectivity index (χ1n) is 8.85. The molecule has 27 heavy (non-hydrogen) atoms. The number of halogens is 1. The number of imidazole rings is 1. The van der Waals surface area contributed by atoms with Crippen molar-refractivity contribution in [1.29, 1.82) is 0 Å². The summed E-state index contributed by atoms with van der Waals surface area (Å²) in [6.07, 6.45) is 2.39. The summed E-state index contributed by atoms with van der Waals surface area (Å²) >= 11 is 6.43. The molecule has 1 heterocycles. The summed E-state index contributed by atoms with van der Waals surface area (Å²) in [5.74, 6) is -0.449. The maximum absolute atomic E-state index is 13.1. The van der Waals surface area contributed by atoms with Crippen LogP contribution in [0.5, 0.6) is 0 Å². The van der Waals surface area contributed by atoms with Gasteiger partial charge in [0, 0.05) is 6.04 Å². The van der Waals surface area contributed by atoms with Crippen LogP contribution >= 0.6 is 11.6 Å². The second-order valence-corrected chi connectivity index (χ2v) is 7.23. The highest BCUT2D eigenvalue weighted by Crippen LogP contribution is 2.37. The zero-order chi connectivity index (χ0) is 19.1. The van der Waals surface area contributed by atoms with Crippen molar-refractivity contribution < 1.29 is 9.53 Å². The van der Waals surface area contributed by atoms with Crippen molar-refractivity contribution in [3.63, 3.8) is 0 Å². The van der Waals surface area contributed by atoms with E-state index < -0.39 is 12.0 Å². The van der Waals surface area contributed by atoms with E-state index in [9.17, 15) is 9.59 Å². The third-order valence-corrected chi connectivity index (χ3v) is 5.22. The molecule has 1 aliphatic rings. The Labute approximate surface area is 161 Å². The lowest BCUT2D eigenvalue weighted by Gasteiger charge is -2.10. The van der Waals surface area contributed by atoms with E-state index in [1.807, 2.05) is 41.0 Å². The lowest BCUT2D eigenvalue weighted by molar-refractivity contribution is -0.142. The zero-order valence-electron chi connectivity index (χ0n) is 14.9. The first-order chi connectivity index (χ1) is 13.0. The molecule has 140 valence electrons. The van der Waals surface area contributed by atoms with Crippen LogP contribution in [0.25, 0.3) is 16.7 Å². The lowest BCUT2D eigenvalue weighted by atomic mass is 10.1. The maximum atomic E-state index is 13.1. The summed E-state index contributed by atoms with van der Waals surface area (Å²) in [5, 5.41) is 0.542. The Balaban J connectivity index is 1.76. The van der Waals surface area contributed by atoms with Gasteiger partial charge >= 0.3 is 11.7 Å². The van der Waals surface area contributed by atoms with E-state index in [1.54, 1.807) is 10.6 Å². The average Bonchev–Trinajstić information content (AvgIpc) is 3.45. The van der Waals surface area contributed by atoms with Crippen LogP contribution in [-0.4, -0.2) is 28.3 Å². The van der Waals surface area contributed by atoms with Gasteiger partial charge < -0.3 is 10.5 Å². The molecule has 0 bridgehead atoms. The zero-order valence-corrected chi connectivity index (χ0v) is 15.6. The highest BCUT2D eigenvalue weighted by Gasteiger charge is 2.29. The van der Waals surface area contributed by atoms with Crippen LogP contribution in [0.2, 0.25) is 5.02 Å². The van der Waals surface area contributed by atoms with Gasteiger partial charge in [0.1, 0.15) is 6.04 Å². The number of carbonyl (C=O) groups is 1. The standard InChI is InChI=1S/C20H20ClN3O3/c1-27-19(25)16(22)11-12-5-7-14(8-6-12)24-18-15(21)3-2-4-17(18)23(20(24)26)13-9-10-13/h2-8,13,16H,9-11,22H2,1H3. The molecular formula is C20H20ClN3O3. The SMILES string of the molecule is COC(=O)C(N)Cc1ccc(-n2c(=O)n(C3CC3)c3cccc(Cl)c32)cc1. The topological polar surface area (TPSA) is 79.2 Å². The smallest absolute Gasteiger partial charge is 0.334 e. The number of hydrogen-bond acceptors (Lipinski definition) is 4. The first kappa shape index (κ1) is 17.8. The van der Waals surface area contributed by atoms with Gasteiger partial charge in [0.05, 0.1) is 28.9 Å². The molecule has 1 atom stereocenters. The largest absolute Gasteiger partial charge is 0.468 e. The molecule has 0 radical (unpaired) electrons. The Bertz CT molecular complexity index is 1060. The van der Waals surface area contributed by atoms with E-state index in [2.05, 4.69) is 4.74 Å². The summed E-state index contributed by atoms with van der Waals surface area (Å²) in [7, 11) is 1.32. The molecule has 0 spiro atoms. The van der Waals surface area contributed by atoms with Gasteiger partial charge in [-0.2, -0.15) is 0 Å². The molecule has 3 aromatic rings. The molecule has 7 heteroatoms. The van der Waals surface area contributed by atoms with Crippen molar-refractivity contribution in [2.75, 3.05) is 7.11 Å². The van der Waals surface area contributed by atoms with E-state index in [-0.39, 0.29) is 11.7 Å². The fourth-order valence-corrected chi connectivity index (χ4v) is 3.68. The predicted molar refractivity (Wildman–Crippen MR) is 105 cm³/mol. The average molecular weight is 386 g/mol. The number of methoxy groups -OCH3 is 1. The van der Waals surface area contributed by atoms with Crippen molar-refractivity contribution in [2.45, 2.75) is 31.3 Å².